The number of carbonyl (C=O) groups excluding carboxylic acids is 1. The van der Waals surface area contributed by atoms with Crippen LogP contribution in [0.5, 0.6) is 0 Å². The summed E-state index contributed by atoms with van der Waals surface area (Å²) < 4.78 is 0.685. The van der Waals surface area contributed by atoms with Gasteiger partial charge in [-0.2, -0.15) is 0 Å². The van der Waals surface area contributed by atoms with E-state index in [2.05, 4.69) is 20.4 Å². The van der Waals surface area contributed by atoms with E-state index >= 15 is 0 Å². The van der Waals surface area contributed by atoms with E-state index < -0.39 is 11.9 Å². The number of unbranched alkanes of at least 4 members (excludes halogenated alkanes) is 2. The van der Waals surface area contributed by atoms with Crippen molar-refractivity contribution in [2.45, 2.75) is 65.4 Å². The van der Waals surface area contributed by atoms with E-state index in [0.29, 0.717) is 17.6 Å². The minimum absolute atomic E-state index is 0.364. The highest BCUT2D eigenvalue weighted by molar-refractivity contribution is 5.67. The van der Waals surface area contributed by atoms with Crippen LogP contribution in [0.2, 0.25) is 0 Å². The summed E-state index contributed by atoms with van der Waals surface area (Å²) in [7, 11) is 0. The van der Waals surface area contributed by atoms with Crippen molar-refractivity contribution in [1.82, 2.24) is 0 Å². The molecule has 0 aliphatic rings. The molecule has 0 heterocycles. The predicted octanol–water partition coefficient (Wildman–Crippen LogP) is 2.12. The Balaban J connectivity index is 4.73. The van der Waals surface area contributed by atoms with Crippen molar-refractivity contribution in [3.63, 3.8) is 0 Å². The third-order valence-electron chi connectivity index (χ3n) is 4.25. The van der Waals surface area contributed by atoms with E-state index in [0.717, 1.165) is 51.6 Å². The Morgan fingerprint density at radius 1 is 1.23 bits per heavy atom. The van der Waals surface area contributed by atoms with Crippen LogP contribution in [0.15, 0.2) is 12.7 Å². The maximum atomic E-state index is 11.1. The number of hydrogen-bond acceptors (Lipinski definition) is 3. The van der Waals surface area contributed by atoms with E-state index in [4.69, 9.17) is 0 Å². The molecule has 1 N–H and O–H groups in total. The summed E-state index contributed by atoms with van der Waals surface area (Å²) >= 11 is 0. The van der Waals surface area contributed by atoms with Gasteiger partial charge in [-0.15, -0.1) is 6.58 Å². The molecule has 0 radical (unpaired) electrons. The number of hydrogen-bond donors (Lipinski definition) is 1. The molecule has 0 aromatic heterocycles. The van der Waals surface area contributed by atoms with Crippen LogP contribution in [0.3, 0.4) is 0 Å². The predicted molar refractivity (Wildman–Crippen MR) is 89.2 cm³/mol. The maximum absolute atomic E-state index is 11.1. The Kier molecular flexibility index (Phi) is 11.2. The Bertz CT molecular complexity index is 311. The molecule has 0 rings (SSSR count). The smallest absolute Gasteiger partial charge is 0.105 e. The lowest BCUT2D eigenvalue weighted by molar-refractivity contribution is -0.933. The quantitative estimate of drug-likeness (QED) is 0.303. The molecule has 130 valence electrons. The van der Waals surface area contributed by atoms with Gasteiger partial charge in [0.15, 0.2) is 0 Å². The normalized spacial score (nSPS) is 14.5. The summed E-state index contributed by atoms with van der Waals surface area (Å²) in [6.07, 6.45) is 7.32. The van der Waals surface area contributed by atoms with Gasteiger partial charge in [0.25, 0.3) is 0 Å². The number of carboxylic acids is 1. The lowest BCUT2D eigenvalue weighted by atomic mass is 10.0. The van der Waals surface area contributed by atoms with Gasteiger partial charge >= 0.3 is 0 Å². The maximum Gasteiger partial charge on any atom is 0.105 e. The zero-order valence-electron chi connectivity index (χ0n) is 14.7. The molecule has 2 unspecified atom stereocenters. The first-order valence-corrected chi connectivity index (χ1v) is 8.75. The lowest BCUT2D eigenvalue weighted by Gasteiger charge is -2.42. The van der Waals surface area contributed by atoms with Gasteiger partial charge in [-0.1, -0.05) is 33.3 Å². The molecule has 2 atom stereocenters. The SMILES string of the molecule is C=CCCCCC(O)C[N+](CCC)(CCC)CC(C)C(=O)[O-]. The van der Waals surface area contributed by atoms with Crippen LogP contribution >= 0.6 is 0 Å². The summed E-state index contributed by atoms with van der Waals surface area (Å²) in [5, 5.41) is 21.5. The monoisotopic (exact) mass is 313 g/mol. The van der Waals surface area contributed by atoms with Crippen molar-refractivity contribution in [2.24, 2.45) is 5.92 Å². The summed E-state index contributed by atoms with van der Waals surface area (Å²) in [5.74, 6) is -1.47. The van der Waals surface area contributed by atoms with Crippen LogP contribution in [-0.2, 0) is 4.79 Å². The number of rotatable bonds is 14. The molecule has 22 heavy (non-hydrogen) atoms. The molecule has 4 heteroatoms. The molecule has 4 nitrogen and oxygen atoms in total. The fourth-order valence-corrected chi connectivity index (χ4v) is 3.36. The molecule has 0 aromatic carbocycles. The second kappa shape index (κ2) is 11.7. The van der Waals surface area contributed by atoms with Crippen LogP contribution in [0.1, 0.15) is 59.3 Å². The van der Waals surface area contributed by atoms with Gasteiger partial charge in [0.2, 0.25) is 0 Å². The topological polar surface area (TPSA) is 60.4 Å². The summed E-state index contributed by atoms with van der Waals surface area (Å²) in [6.45, 7) is 12.7. The third-order valence-corrected chi connectivity index (χ3v) is 4.25. The summed E-state index contributed by atoms with van der Waals surface area (Å²) in [4.78, 5) is 11.1. The number of carboxylic acid groups (broad SMARTS) is 1. The first-order chi connectivity index (χ1) is 10.4. The summed E-state index contributed by atoms with van der Waals surface area (Å²) in [5.41, 5.74) is 0. The van der Waals surface area contributed by atoms with Crippen LogP contribution in [0.25, 0.3) is 0 Å². The molecule has 0 fully saturated rings. The van der Waals surface area contributed by atoms with Crippen LogP contribution < -0.4 is 5.11 Å². The van der Waals surface area contributed by atoms with Crippen molar-refractivity contribution in [1.29, 1.82) is 0 Å². The van der Waals surface area contributed by atoms with Crippen LogP contribution in [0, 0.1) is 5.92 Å². The van der Waals surface area contributed by atoms with Crippen LogP contribution in [0.4, 0.5) is 0 Å². The van der Waals surface area contributed by atoms with Gasteiger partial charge in [0.05, 0.1) is 19.6 Å². The number of quaternary nitrogens is 1. The van der Waals surface area contributed by atoms with Gasteiger partial charge in [-0.3, -0.25) is 0 Å². The van der Waals surface area contributed by atoms with Crippen molar-refractivity contribution < 1.29 is 19.5 Å². The Morgan fingerprint density at radius 2 is 1.82 bits per heavy atom. The zero-order chi connectivity index (χ0) is 17.0. The van der Waals surface area contributed by atoms with Gasteiger partial charge < -0.3 is 19.5 Å². The largest absolute Gasteiger partial charge is 0.550 e. The second-order valence-electron chi connectivity index (χ2n) is 6.60. The molecule has 0 aromatic rings. The van der Waals surface area contributed by atoms with Crippen molar-refractivity contribution >= 4 is 5.97 Å². The van der Waals surface area contributed by atoms with Crippen molar-refractivity contribution in [2.75, 3.05) is 26.2 Å². The molecule has 0 spiro atoms. The highest BCUT2D eigenvalue weighted by atomic mass is 16.4. The molecular formula is C18H35NO3. The second-order valence-corrected chi connectivity index (χ2v) is 6.60. The van der Waals surface area contributed by atoms with Gasteiger partial charge in [0.1, 0.15) is 12.6 Å². The van der Waals surface area contributed by atoms with Gasteiger partial charge in [0, 0.05) is 11.9 Å². The number of allylic oxidation sites excluding steroid dienone is 1. The number of aliphatic hydroxyl groups excluding tert-OH is 1. The number of nitrogens with zero attached hydrogens (tertiary/aromatic N) is 1. The van der Waals surface area contributed by atoms with Crippen LogP contribution in [-0.4, -0.2) is 47.8 Å². The molecule has 0 bridgehead atoms. The number of aliphatic carboxylic acids is 1. The Morgan fingerprint density at radius 3 is 2.27 bits per heavy atom. The summed E-state index contributed by atoms with van der Waals surface area (Å²) in [6, 6.07) is 0. The minimum Gasteiger partial charge on any atom is -0.550 e. The third kappa shape index (κ3) is 8.54. The number of aliphatic hydroxyl groups is 1. The van der Waals surface area contributed by atoms with E-state index in [1.54, 1.807) is 6.92 Å². The first kappa shape index (κ1) is 21.1. The Labute approximate surface area is 136 Å². The fraction of sp³-hybridized carbons (Fsp3) is 0.833. The standard InChI is InChI=1S/C18H35NO3/c1-5-8-9-10-11-17(20)15-19(12-6-2,13-7-3)14-16(4)18(21)22/h5,16-17,20H,1,6-15H2,2-4H3. The van der Waals surface area contributed by atoms with E-state index in [9.17, 15) is 15.0 Å². The number of carbonyl (C=O) groups is 1. The molecule has 0 aliphatic carbocycles. The van der Waals surface area contributed by atoms with E-state index in [1.807, 2.05) is 6.08 Å². The highest BCUT2D eigenvalue weighted by Gasteiger charge is 2.31. The fourth-order valence-electron chi connectivity index (χ4n) is 3.36. The van der Waals surface area contributed by atoms with E-state index in [1.165, 1.54) is 0 Å². The molecule has 0 saturated carbocycles. The Hall–Kier alpha value is -0.870. The van der Waals surface area contributed by atoms with Gasteiger partial charge in [-0.25, -0.2) is 0 Å². The molecular weight excluding hydrogens is 278 g/mol. The van der Waals surface area contributed by atoms with Gasteiger partial charge in [-0.05, 0) is 32.1 Å². The van der Waals surface area contributed by atoms with Crippen molar-refractivity contribution in [3.8, 4) is 0 Å². The van der Waals surface area contributed by atoms with E-state index in [-0.39, 0.29) is 6.10 Å². The molecule has 0 aliphatic heterocycles. The average molecular weight is 313 g/mol. The molecule has 0 saturated heterocycles. The highest BCUT2D eigenvalue weighted by Crippen LogP contribution is 2.18. The lowest BCUT2D eigenvalue weighted by Crippen LogP contribution is -2.57. The molecule has 0 amide bonds. The minimum atomic E-state index is -0.991. The van der Waals surface area contributed by atoms with Crippen molar-refractivity contribution in [3.05, 3.63) is 12.7 Å². The first-order valence-electron chi connectivity index (χ1n) is 8.75. The average Bonchev–Trinajstić information content (AvgIpc) is 2.44. The zero-order valence-corrected chi connectivity index (χ0v) is 14.7.